The van der Waals surface area contributed by atoms with Crippen LogP contribution in [0.4, 0.5) is 0 Å². The van der Waals surface area contributed by atoms with E-state index in [2.05, 4.69) is 15.3 Å². The molecule has 2 heterocycles. The highest BCUT2D eigenvalue weighted by molar-refractivity contribution is 7.09. The number of nitrogens with zero attached hydrogens (tertiary/aromatic N) is 3. The normalized spacial score (nSPS) is 15.2. The van der Waals surface area contributed by atoms with E-state index in [1.165, 1.54) is 25.0 Å². The van der Waals surface area contributed by atoms with Crippen LogP contribution in [-0.4, -0.2) is 32.7 Å². The number of nitrogens with one attached hydrogen (secondary N) is 1. The molecule has 0 saturated heterocycles. The van der Waals surface area contributed by atoms with Gasteiger partial charge in [0.15, 0.2) is 0 Å². The molecule has 0 spiro atoms. The van der Waals surface area contributed by atoms with Gasteiger partial charge in [-0.15, -0.1) is 11.3 Å². The molecule has 1 fully saturated rings. The third-order valence-corrected chi connectivity index (χ3v) is 6.76. The number of hydrogen-bond acceptors (Lipinski definition) is 5. The van der Waals surface area contributed by atoms with Crippen molar-refractivity contribution in [2.75, 3.05) is 0 Å². The Labute approximate surface area is 196 Å². The predicted octanol–water partition coefficient (Wildman–Crippen LogP) is 5.02. The maximum absolute atomic E-state index is 13.6. The van der Waals surface area contributed by atoms with Gasteiger partial charge in [0.25, 0.3) is 5.91 Å². The van der Waals surface area contributed by atoms with Crippen LogP contribution in [0.3, 0.4) is 0 Å². The van der Waals surface area contributed by atoms with Crippen molar-refractivity contribution in [1.29, 1.82) is 0 Å². The lowest BCUT2D eigenvalue weighted by atomic mass is 9.94. The third kappa shape index (κ3) is 5.53. The highest BCUT2D eigenvalue weighted by atomic mass is 35.5. The molecule has 166 valence electrons. The van der Waals surface area contributed by atoms with Gasteiger partial charge in [-0.05, 0) is 42.0 Å². The largest absolute Gasteiger partial charge is 0.351 e. The summed E-state index contributed by atoms with van der Waals surface area (Å²) in [6.45, 7) is 0.290. The number of hydrogen-bond donors (Lipinski definition) is 1. The van der Waals surface area contributed by atoms with E-state index < -0.39 is 6.04 Å². The number of aromatic nitrogens is 2. The highest BCUT2D eigenvalue weighted by Crippen LogP contribution is 2.28. The van der Waals surface area contributed by atoms with Gasteiger partial charge in [0, 0.05) is 28.3 Å². The van der Waals surface area contributed by atoms with Crippen molar-refractivity contribution in [2.45, 2.75) is 50.7 Å². The van der Waals surface area contributed by atoms with E-state index in [1.54, 1.807) is 40.5 Å². The lowest BCUT2D eigenvalue weighted by molar-refractivity contribution is -0.127. The second kappa shape index (κ2) is 10.7. The van der Waals surface area contributed by atoms with Gasteiger partial charge < -0.3 is 10.2 Å². The van der Waals surface area contributed by atoms with Gasteiger partial charge in [-0.3, -0.25) is 14.6 Å². The number of carbonyl (C=O) groups excluding carboxylic acids is 2. The molecular formula is C24H25ClN4O2S. The van der Waals surface area contributed by atoms with Crippen molar-refractivity contribution in [3.8, 4) is 0 Å². The third-order valence-electron chi connectivity index (χ3n) is 5.65. The van der Waals surface area contributed by atoms with Gasteiger partial charge in [0.05, 0.1) is 12.7 Å². The zero-order valence-corrected chi connectivity index (χ0v) is 19.2. The Kier molecular flexibility index (Phi) is 7.50. The molecule has 32 heavy (non-hydrogen) atoms. The summed E-state index contributed by atoms with van der Waals surface area (Å²) in [6, 6.07) is 10.3. The van der Waals surface area contributed by atoms with Gasteiger partial charge in [-0.2, -0.15) is 0 Å². The Bertz CT molecular complexity index is 1020. The molecule has 0 bridgehead atoms. The van der Waals surface area contributed by atoms with E-state index in [-0.39, 0.29) is 23.6 Å². The topological polar surface area (TPSA) is 75.2 Å². The molecule has 1 aromatic carbocycles. The first-order valence-electron chi connectivity index (χ1n) is 10.8. The van der Waals surface area contributed by atoms with Crippen molar-refractivity contribution in [3.05, 3.63) is 81.5 Å². The standard InChI is InChI=1S/C24H25ClN4O2S/c25-18-10-8-17(9-11-18)22(23(30)28-19-5-2-1-3-6-19)29(16-20-7-4-14-32-20)24(31)21-15-26-12-13-27-21/h4,7-15,19,22H,1-3,5-6,16H2,(H,28,30)/t22-/m1/s1. The van der Waals surface area contributed by atoms with Gasteiger partial charge in [0.1, 0.15) is 11.7 Å². The van der Waals surface area contributed by atoms with Crippen molar-refractivity contribution < 1.29 is 9.59 Å². The molecule has 1 N–H and O–H groups in total. The Morgan fingerprint density at radius 1 is 1.12 bits per heavy atom. The molecule has 1 aliphatic carbocycles. The van der Waals surface area contributed by atoms with E-state index >= 15 is 0 Å². The first-order valence-corrected chi connectivity index (χ1v) is 12.0. The summed E-state index contributed by atoms with van der Waals surface area (Å²) in [4.78, 5) is 38.0. The maximum Gasteiger partial charge on any atom is 0.275 e. The number of carbonyl (C=O) groups is 2. The molecule has 3 aromatic rings. The van der Waals surface area contributed by atoms with Crippen LogP contribution in [0.5, 0.6) is 0 Å². The lowest BCUT2D eigenvalue weighted by Crippen LogP contribution is -2.47. The van der Waals surface area contributed by atoms with Crippen LogP contribution in [0.15, 0.2) is 60.4 Å². The maximum atomic E-state index is 13.6. The van der Waals surface area contributed by atoms with Gasteiger partial charge in [0.2, 0.25) is 5.91 Å². The Hall–Kier alpha value is -2.77. The first kappa shape index (κ1) is 22.4. The predicted molar refractivity (Wildman–Crippen MR) is 125 cm³/mol. The van der Waals surface area contributed by atoms with Gasteiger partial charge >= 0.3 is 0 Å². The molecule has 0 unspecified atom stereocenters. The van der Waals surface area contributed by atoms with Crippen LogP contribution >= 0.6 is 22.9 Å². The molecule has 0 aliphatic heterocycles. The average molecular weight is 469 g/mol. The SMILES string of the molecule is O=C(NC1CCCCC1)[C@@H](c1ccc(Cl)cc1)N(Cc1cccs1)C(=O)c1cnccn1. The van der Waals surface area contributed by atoms with Crippen LogP contribution in [-0.2, 0) is 11.3 Å². The lowest BCUT2D eigenvalue weighted by Gasteiger charge is -2.33. The van der Waals surface area contributed by atoms with E-state index in [0.29, 0.717) is 17.1 Å². The zero-order valence-electron chi connectivity index (χ0n) is 17.6. The van der Waals surface area contributed by atoms with Crippen LogP contribution in [0.25, 0.3) is 0 Å². The quantitative estimate of drug-likeness (QED) is 0.528. The van der Waals surface area contributed by atoms with E-state index in [0.717, 1.165) is 30.6 Å². The fourth-order valence-electron chi connectivity index (χ4n) is 4.05. The molecule has 2 amide bonds. The summed E-state index contributed by atoms with van der Waals surface area (Å²) in [5, 5.41) is 5.73. The molecule has 6 nitrogen and oxygen atoms in total. The fourth-order valence-corrected chi connectivity index (χ4v) is 4.88. The van der Waals surface area contributed by atoms with Crippen LogP contribution in [0.1, 0.15) is 59.1 Å². The molecule has 0 radical (unpaired) electrons. The van der Waals surface area contributed by atoms with Gasteiger partial charge in [-0.25, -0.2) is 4.98 Å². The monoisotopic (exact) mass is 468 g/mol. The van der Waals surface area contributed by atoms with E-state index in [9.17, 15) is 9.59 Å². The van der Waals surface area contributed by atoms with Crippen molar-refractivity contribution in [1.82, 2.24) is 20.2 Å². The number of rotatable bonds is 7. The molecule has 1 aliphatic rings. The highest BCUT2D eigenvalue weighted by Gasteiger charge is 2.34. The van der Waals surface area contributed by atoms with Crippen molar-refractivity contribution >= 4 is 34.8 Å². The minimum atomic E-state index is -0.814. The molecule has 8 heteroatoms. The second-order valence-corrected chi connectivity index (χ2v) is 9.37. The average Bonchev–Trinajstić information content (AvgIpc) is 3.34. The summed E-state index contributed by atoms with van der Waals surface area (Å²) >= 11 is 7.65. The van der Waals surface area contributed by atoms with E-state index in [1.807, 2.05) is 17.5 Å². The molecule has 2 aromatic heterocycles. The number of halogens is 1. The minimum absolute atomic E-state index is 0.126. The number of thiophene rings is 1. The zero-order chi connectivity index (χ0) is 22.3. The Morgan fingerprint density at radius 3 is 2.56 bits per heavy atom. The Morgan fingerprint density at radius 2 is 1.91 bits per heavy atom. The van der Waals surface area contributed by atoms with Gasteiger partial charge in [-0.1, -0.05) is 49.1 Å². The van der Waals surface area contributed by atoms with Crippen LogP contribution in [0, 0.1) is 0 Å². The van der Waals surface area contributed by atoms with E-state index in [4.69, 9.17) is 11.6 Å². The van der Waals surface area contributed by atoms with Crippen molar-refractivity contribution in [2.24, 2.45) is 0 Å². The summed E-state index contributed by atoms with van der Waals surface area (Å²) in [5.74, 6) is -0.529. The summed E-state index contributed by atoms with van der Waals surface area (Å²) < 4.78 is 0. The first-order chi connectivity index (χ1) is 15.6. The summed E-state index contributed by atoms with van der Waals surface area (Å²) in [6.07, 6.45) is 9.76. The van der Waals surface area contributed by atoms with Crippen molar-refractivity contribution in [3.63, 3.8) is 0 Å². The molecular weight excluding hydrogens is 444 g/mol. The van der Waals surface area contributed by atoms with Crippen LogP contribution < -0.4 is 5.32 Å². The molecule has 1 saturated carbocycles. The number of benzene rings is 1. The number of amides is 2. The Balaban J connectivity index is 1.71. The molecule has 4 rings (SSSR count). The summed E-state index contributed by atoms with van der Waals surface area (Å²) in [7, 11) is 0. The smallest absolute Gasteiger partial charge is 0.275 e. The fraction of sp³-hybridized carbons (Fsp3) is 0.333. The minimum Gasteiger partial charge on any atom is -0.351 e. The molecule has 1 atom stereocenters. The van der Waals surface area contributed by atoms with Crippen LogP contribution in [0.2, 0.25) is 5.02 Å². The second-order valence-electron chi connectivity index (χ2n) is 7.90. The summed E-state index contributed by atoms with van der Waals surface area (Å²) in [5.41, 5.74) is 0.907.